The third-order valence-corrected chi connectivity index (χ3v) is 4.40. The van der Waals surface area contributed by atoms with Crippen molar-refractivity contribution in [2.24, 2.45) is 0 Å². The van der Waals surface area contributed by atoms with Crippen molar-refractivity contribution in [2.45, 2.75) is 6.92 Å². The summed E-state index contributed by atoms with van der Waals surface area (Å²) < 4.78 is 21.1. The number of rotatable bonds is 7. The SMILES string of the molecule is CCOC(=O)c1ccc(NC2=C(C(=O)OC)CN(CCO)C2=O)c2c1OCCO2. The molecule has 3 rings (SSSR count). The highest BCUT2D eigenvalue weighted by Crippen LogP contribution is 2.42. The van der Waals surface area contributed by atoms with Crippen molar-refractivity contribution in [3.8, 4) is 11.5 Å². The molecule has 10 heteroatoms. The lowest BCUT2D eigenvalue weighted by atomic mass is 10.1. The van der Waals surface area contributed by atoms with Crippen LogP contribution in [0.2, 0.25) is 0 Å². The fraction of sp³-hybridized carbons (Fsp3) is 0.421. The summed E-state index contributed by atoms with van der Waals surface area (Å²) in [5, 5.41) is 12.1. The maximum Gasteiger partial charge on any atom is 0.342 e. The zero-order valence-corrected chi connectivity index (χ0v) is 16.1. The molecule has 0 saturated heterocycles. The normalized spacial score (nSPS) is 15.4. The number of aliphatic hydroxyl groups is 1. The fourth-order valence-electron chi connectivity index (χ4n) is 3.09. The van der Waals surface area contributed by atoms with Gasteiger partial charge in [0.15, 0.2) is 11.5 Å². The number of carbonyl (C=O) groups is 3. The maximum atomic E-state index is 12.7. The van der Waals surface area contributed by atoms with Gasteiger partial charge in [-0.2, -0.15) is 0 Å². The second kappa shape index (κ2) is 8.82. The van der Waals surface area contributed by atoms with Gasteiger partial charge in [0, 0.05) is 6.54 Å². The molecule has 2 aliphatic rings. The number of β-amino-alcohol motifs (C(OH)–C–C–N with tert-alkyl or cyclic N) is 1. The molecule has 156 valence electrons. The van der Waals surface area contributed by atoms with Crippen molar-refractivity contribution in [1.29, 1.82) is 0 Å². The molecule has 0 saturated carbocycles. The van der Waals surface area contributed by atoms with E-state index in [9.17, 15) is 14.4 Å². The molecule has 2 aliphatic heterocycles. The molecule has 0 radical (unpaired) electrons. The van der Waals surface area contributed by atoms with Gasteiger partial charge >= 0.3 is 11.9 Å². The van der Waals surface area contributed by atoms with Crippen LogP contribution in [0.15, 0.2) is 23.4 Å². The number of nitrogens with one attached hydrogen (secondary N) is 1. The Labute approximate surface area is 167 Å². The van der Waals surface area contributed by atoms with Gasteiger partial charge in [-0.25, -0.2) is 9.59 Å². The number of nitrogens with zero attached hydrogens (tertiary/aromatic N) is 1. The highest BCUT2D eigenvalue weighted by Gasteiger charge is 2.35. The minimum absolute atomic E-state index is 0.00879. The molecule has 0 unspecified atom stereocenters. The molecule has 29 heavy (non-hydrogen) atoms. The van der Waals surface area contributed by atoms with E-state index >= 15 is 0 Å². The zero-order valence-electron chi connectivity index (χ0n) is 16.1. The third-order valence-electron chi connectivity index (χ3n) is 4.40. The standard InChI is InChI=1S/C19H22N2O8/c1-3-27-19(25)11-4-5-13(16-15(11)28-8-9-29-16)20-14-12(18(24)26-2)10-21(6-7-22)17(14)23/h4-5,20,22H,3,6-10H2,1-2H3. The summed E-state index contributed by atoms with van der Waals surface area (Å²) in [5.74, 6) is -1.22. The van der Waals surface area contributed by atoms with E-state index in [1.54, 1.807) is 13.0 Å². The monoisotopic (exact) mass is 406 g/mol. The molecular formula is C19H22N2O8. The molecule has 2 N–H and O–H groups in total. The summed E-state index contributed by atoms with van der Waals surface area (Å²) in [6, 6.07) is 3.04. The number of aliphatic hydroxyl groups excluding tert-OH is 1. The highest BCUT2D eigenvalue weighted by molar-refractivity contribution is 6.09. The van der Waals surface area contributed by atoms with Crippen LogP contribution in [0.3, 0.4) is 0 Å². The van der Waals surface area contributed by atoms with Crippen LogP contribution in [-0.2, 0) is 19.1 Å². The van der Waals surface area contributed by atoms with Crippen LogP contribution in [0.4, 0.5) is 5.69 Å². The van der Waals surface area contributed by atoms with Crippen LogP contribution in [0.25, 0.3) is 0 Å². The molecule has 1 aromatic rings. The van der Waals surface area contributed by atoms with Crippen molar-refractivity contribution >= 4 is 23.5 Å². The number of methoxy groups -OCH3 is 1. The predicted molar refractivity (Wildman–Crippen MR) is 99.7 cm³/mol. The number of carbonyl (C=O) groups excluding carboxylic acids is 3. The zero-order chi connectivity index (χ0) is 21.0. The molecule has 2 heterocycles. The summed E-state index contributed by atoms with van der Waals surface area (Å²) in [6.45, 7) is 2.25. The molecule has 10 nitrogen and oxygen atoms in total. The second-order valence-corrected chi connectivity index (χ2v) is 6.16. The lowest BCUT2D eigenvalue weighted by Crippen LogP contribution is -2.31. The quantitative estimate of drug-likeness (QED) is 0.616. The maximum absolute atomic E-state index is 12.7. The van der Waals surface area contributed by atoms with Crippen molar-refractivity contribution in [1.82, 2.24) is 4.90 Å². The van der Waals surface area contributed by atoms with Gasteiger partial charge in [-0.05, 0) is 19.1 Å². The van der Waals surface area contributed by atoms with Crippen molar-refractivity contribution in [2.75, 3.05) is 51.9 Å². The first-order chi connectivity index (χ1) is 14.0. The Balaban J connectivity index is 1.99. The lowest BCUT2D eigenvalue weighted by molar-refractivity contribution is -0.136. The minimum atomic E-state index is -0.657. The van der Waals surface area contributed by atoms with Gasteiger partial charge in [0.25, 0.3) is 5.91 Å². The molecule has 0 atom stereocenters. The topological polar surface area (TPSA) is 124 Å². The number of fused-ring (bicyclic) bond motifs is 1. The van der Waals surface area contributed by atoms with E-state index in [1.165, 1.54) is 18.1 Å². The van der Waals surface area contributed by atoms with Crippen LogP contribution < -0.4 is 14.8 Å². The van der Waals surface area contributed by atoms with Gasteiger partial charge in [-0.15, -0.1) is 0 Å². The highest BCUT2D eigenvalue weighted by atomic mass is 16.6. The van der Waals surface area contributed by atoms with E-state index in [4.69, 9.17) is 24.1 Å². The molecule has 0 bridgehead atoms. The Morgan fingerprint density at radius 2 is 1.93 bits per heavy atom. The molecular weight excluding hydrogens is 384 g/mol. The molecule has 1 aromatic carbocycles. The van der Waals surface area contributed by atoms with Gasteiger partial charge in [0.1, 0.15) is 24.5 Å². The Kier molecular flexibility index (Phi) is 6.23. The van der Waals surface area contributed by atoms with E-state index in [1.807, 2.05) is 0 Å². The van der Waals surface area contributed by atoms with E-state index in [2.05, 4.69) is 5.32 Å². The van der Waals surface area contributed by atoms with Crippen molar-refractivity contribution in [3.05, 3.63) is 29.0 Å². The van der Waals surface area contributed by atoms with Crippen LogP contribution in [0.5, 0.6) is 11.5 Å². The number of anilines is 1. The average molecular weight is 406 g/mol. The molecule has 0 fully saturated rings. The van der Waals surface area contributed by atoms with Gasteiger partial charge in [-0.3, -0.25) is 4.79 Å². The van der Waals surface area contributed by atoms with E-state index in [0.717, 1.165) is 0 Å². The minimum Gasteiger partial charge on any atom is -0.485 e. The predicted octanol–water partition coefficient (Wildman–Crippen LogP) is 0.308. The largest absolute Gasteiger partial charge is 0.485 e. The average Bonchev–Trinajstić information content (AvgIpc) is 3.03. The number of benzene rings is 1. The molecule has 0 aromatic heterocycles. The first-order valence-electron chi connectivity index (χ1n) is 9.10. The Bertz CT molecular complexity index is 864. The summed E-state index contributed by atoms with van der Waals surface area (Å²) >= 11 is 0. The Morgan fingerprint density at radius 1 is 1.21 bits per heavy atom. The van der Waals surface area contributed by atoms with E-state index in [-0.39, 0.29) is 67.8 Å². The molecule has 0 spiro atoms. The number of esters is 2. The number of ether oxygens (including phenoxy) is 4. The van der Waals surface area contributed by atoms with Crippen LogP contribution >= 0.6 is 0 Å². The van der Waals surface area contributed by atoms with E-state index < -0.39 is 17.8 Å². The lowest BCUT2D eigenvalue weighted by Gasteiger charge is -2.24. The summed E-state index contributed by atoms with van der Waals surface area (Å²) in [5.41, 5.74) is 0.703. The fourth-order valence-corrected chi connectivity index (χ4v) is 3.09. The summed E-state index contributed by atoms with van der Waals surface area (Å²) in [6.07, 6.45) is 0. The van der Waals surface area contributed by atoms with E-state index in [0.29, 0.717) is 5.69 Å². The Hall–Kier alpha value is -3.27. The Morgan fingerprint density at radius 3 is 2.59 bits per heavy atom. The number of hydrogen-bond acceptors (Lipinski definition) is 9. The first-order valence-corrected chi connectivity index (χ1v) is 9.10. The van der Waals surface area contributed by atoms with Gasteiger partial charge in [-0.1, -0.05) is 0 Å². The summed E-state index contributed by atoms with van der Waals surface area (Å²) in [4.78, 5) is 38.3. The number of amides is 1. The van der Waals surface area contributed by atoms with Crippen LogP contribution in [-0.4, -0.2) is 74.5 Å². The third kappa shape index (κ3) is 3.97. The van der Waals surface area contributed by atoms with Crippen LogP contribution in [0.1, 0.15) is 17.3 Å². The first kappa shape index (κ1) is 20.5. The van der Waals surface area contributed by atoms with Crippen molar-refractivity contribution in [3.63, 3.8) is 0 Å². The summed E-state index contributed by atoms with van der Waals surface area (Å²) in [7, 11) is 1.22. The molecule has 0 aliphatic carbocycles. The smallest absolute Gasteiger partial charge is 0.342 e. The van der Waals surface area contributed by atoms with Crippen LogP contribution in [0, 0.1) is 0 Å². The second-order valence-electron chi connectivity index (χ2n) is 6.16. The molecule has 1 amide bonds. The van der Waals surface area contributed by atoms with Gasteiger partial charge in [0.2, 0.25) is 0 Å². The number of hydrogen-bond donors (Lipinski definition) is 2. The van der Waals surface area contributed by atoms with Gasteiger partial charge in [0.05, 0.1) is 38.1 Å². The van der Waals surface area contributed by atoms with Crippen molar-refractivity contribution < 1.29 is 38.4 Å². The van der Waals surface area contributed by atoms with Gasteiger partial charge < -0.3 is 34.3 Å².